The quantitative estimate of drug-likeness (QED) is 0.361. The number of aryl methyl sites for hydroxylation is 1. The van der Waals surface area contributed by atoms with Gasteiger partial charge >= 0.3 is 5.97 Å². The molecule has 1 aliphatic carbocycles. The molecule has 0 radical (unpaired) electrons. The monoisotopic (exact) mass is 328 g/mol. The predicted octanol–water partition coefficient (Wildman–Crippen LogP) is 6.28. The van der Waals surface area contributed by atoms with Crippen LogP contribution in [0.2, 0.25) is 0 Å². The molecule has 0 saturated carbocycles. The molecular weight excluding hydrogens is 296 g/mol. The fourth-order valence-electron chi connectivity index (χ4n) is 4.02. The molecule has 1 aromatic rings. The van der Waals surface area contributed by atoms with Crippen molar-refractivity contribution in [2.24, 2.45) is 5.92 Å². The average molecular weight is 328 g/mol. The van der Waals surface area contributed by atoms with Crippen molar-refractivity contribution in [2.45, 2.75) is 79.1 Å². The van der Waals surface area contributed by atoms with Gasteiger partial charge in [-0.05, 0) is 81.4 Å². The van der Waals surface area contributed by atoms with Crippen LogP contribution in [0.5, 0.6) is 5.75 Å². The lowest BCUT2D eigenvalue weighted by Gasteiger charge is -2.35. The third-order valence-corrected chi connectivity index (χ3v) is 5.24. The molecule has 0 heterocycles. The average Bonchev–Trinajstić information content (AvgIpc) is 2.45. The summed E-state index contributed by atoms with van der Waals surface area (Å²) in [7, 11) is 0. The zero-order chi connectivity index (χ0) is 17.9. The maximum absolute atomic E-state index is 11.5. The minimum absolute atomic E-state index is 0.228. The van der Waals surface area contributed by atoms with E-state index in [4.69, 9.17) is 4.74 Å². The largest absolute Gasteiger partial charge is 0.426 e. The van der Waals surface area contributed by atoms with Gasteiger partial charge in [0.1, 0.15) is 5.75 Å². The molecule has 0 N–H and O–H groups in total. The molecule has 2 heteroatoms. The molecule has 0 bridgehead atoms. The van der Waals surface area contributed by atoms with E-state index in [2.05, 4.69) is 46.8 Å². The minimum atomic E-state index is -0.228. The van der Waals surface area contributed by atoms with Crippen LogP contribution in [0.3, 0.4) is 0 Å². The van der Waals surface area contributed by atoms with Crippen LogP contribution in [0.25, 0.3) is 0 Å². The van der Waals surface area contributed by atoms with Crippen LogP contribution < -0.4 is 4.74 Å². The first kappa shape index (κ1) is 18.8. The van der Waals surface area contributed by atoms with Crippen LogP contribution in [-0.4, -0.2) is 5.97 Å². The molecule has 2 rings (SSSR count). The Morgan fingerprint density at radius 3 is 2.62 bits per heavy atom. The summed E-state index contributed by atoms with van der Waals surface area (Å²) in [5.74, 6) is 2.21. The molecular formula is C22H32O2. The number of allylic oxidation sites excluding steroid dienone is 2. The van der Waals surface area contributed by atoms with Crippen LogP contribution in [0.4, 0.5) is 0 Å². The fourth-order valence-corrected chi connectivity index (χ4v) is 4.02. The molecule has 0 aliphatic heterocycles. The lowest BCUT2D eigenvalue weighted by Crippen LogP contribution is -2.20. The highest BCUT2D eigenvalue weighted by atomic mass is 16.5. The zero-order valence-corrected chi connectivity index (χ0v) is 16.1. The van der Waals surface area contributed by atoms with E-state index >= 15 is 0 Å². The predicted molar refractivity (Wildman–Crippen MR) is 101 cm³/mol. The van der Waals surface area contributed by atoms with Gasteiger partial charge in [0.05, 0.1) is 0 Å². The van der Waals surface area contributed by atoms with Gasteiger partial charge in [-0.1, -0.05) is 31.6 Å². The van der Waals surface area contributed by atoms with Gasteiger partial charge in [0.15, 0.2) is 0 Å². The fraction of sp³-hybridized carbons (Fsp3) is 0.591. The van der Waals surface area contributed by atoms with Gasteiger partial charge in [0.25, 0.3) is 0 Å². The number of carbonyl (C=O) groups excluding carboxylic acids is 1. The van der Waals surface area contributed by atoms with E-state index in [0.717, 1.165) is 12.2 Å². The van der Waals surface area contributed by atoms with E-state index in [1.807, 2.05) is 6.07 Å². The van der Waals surface area contributed by atoms with Gasteiger partial charge in [-0.2, -0.15) is 0 Å². The lowest BCUT2D eigenvalue weighted by atomic mass is 9.71. The van der Waals surface area contributed by atoms with Crippen molar-refractivity contribution >= 4 is 5.97 Å². The number of benzene rings is 1. The van der Waals surface area contributed by atoms with Gasteiger partial charge in [0.2, 0.25) is 0 Å². The lowest BCUT2D eigenvalue weighted by molar-refractivity contribution is -0.131. The highest BCUT2D eigenvalue weighted by Crippen LogP contribution is 2.47. The molecule has 0 aromatic heterocycles. The van der Waals surface area contributed by atoms with Gasteiger partial charge in [-0.15, -0.1) is 0 Å². The molecule has 24 heavy (non-hydrogen) atoms. The second kappa shape index (κ2) is 8.00. The first-order valence-corrected chi connectivity index (χ1v) is 9.25. The van der Waals surface area contributed by atoms with Gasteiger partial charge < -0.3 is 4.74 Å². The van der Waals surface area contributed by atoms with E-state index in [1.165, 1.54) is 48.4 Å². The van der Waals surface area contributed by atoms with E-state index in [-0.39, 0.29) is 5.97 Å². The van der Waals surface area contributed by atoms with E-state index in [1.54, 1.807) is 0 Å². The Morgan fingerprint density at radius 1 is 1.29 bits per heavy atom. The van der Waals surface area contributed by atoms with Crippen LogP contribution >= 0.6 is 0 Å². The molecule has 1 aliphatic rings. The zero-order valence-electron chi connectivity index (χ0n) is 16.1. The molecule has 132 valence electrons. The summed E-state index contributed by atoms with van der Waals surface area (Å²) in [6.45, 7) is 12.5. The van der Waals surface area contributed by atoms with Gasteiger partial charge in [-0.25, -0.2) is 0 Å². The summed E-state index contributed by atoms with van der Waals surface area (Å²) in [5, 5.41) is 0. The summed E-state index contributed by atoms with van der Waals surface area (Å²) in [6, 6.07) is 4.34. The Hall–Kier alpha value is -1.57. The van der Waals surface area contributed by atoms with Crippen molar-refractivity contribution in [1.82, 2.24) is 0 Å². The third kappa shape index (κ3) is 4.49. The van der Waals surface area contributed by atoms with Crippen LogP contribution in [0.15, 0.2) is 23.8 Å². The summed E-state index contributed by atoms with van der Waals surface area (Å²) >= 11 is 0. The topological polar surface area (TPSA) is 26.3 Å². The Labute approximate surface area is 147 Å². The smallest absolute Gasteiger partial charge is 0.308 e. The van der Waals surface area contributed by atoms with Crippen LogP contribution in [0, 0.1) is 12.8 Å². The number of rotatable bonds is 5. The summed E-state index contributed by atoms with van der Waals surface area (Å²) in [4.78, 5) is 11.5. The summed E-state index contributed by atoms with van der Waals surface area (Å²) in [5.41, 5.74) is 5.25. The van der Waals surface area contributed by atoms with Crippen LogP contribution in [0.1, 0.15) is 88.8 Å². The van der Waals surface area contributed by atoms with Crippen molar-refractivity contribution in [3.05, 3.63) is 40.5 Å². The second-order valence-electron chi connectivity index (χ2n) is 7.78. The molecule has 0 fully saturated rings. The first-order valence-electron chi connectivity index (χ1n) is 9.25. The SMILES string of the molecule is CC(=O)Oc1cc(C)cc2c1[C@H](C)CC[C@H]2[C@@H](C)CCC=C(C)C. The minimum Gasteiger partial charge on any atom is -0.426 e. The van der Waals surface area contributed by atoms with Crippen molar-refractivity contribution in [3.8, 4) is 5.75 Å². The van der Waals surface area contributed by atoms with Gasteiger partial charge in [0, 0.05) is 12.5 Å². The Balaban J connectivity index is 2.33. The number of esters is 1. The number of hydrogen-bond acceptors (Lipinski definition) is 2. The van der Waals surface area contributed by atoms with Crippen molar-refractivity contribution in [1.29, 1.82) is 0 Å². The maximum Gasteiger partial charge on any atom is 0.308 e. The molecule has 0 unspecified atom stereocenters. The van der Waals surface area contributed by atoms with E-state index < -0.39 is 0 Å². The molecule has 2 nitrogen and oxygen atoms in total. The highest BCUT2D eigenvalue weighted by Gasteiger charge is 2.31. The maximum atomic E-state index is 11.5. The molecule has 1 aromatic carbocycles. The first-order chi connectivity index (χ1) is 11.3. The highest BCUT2D eigenvalue weighted by molar-refractivity contribution is 5.70. The second-order valence-corrected chi connectivity index (χ2v) is 7.78. The Bertz CT molecular complexity index is 623. The number of fused-ring (bicyclic) bond motifs is 1. The molecule has 0 spiro atoms. The Morgan fingerprint density at radius 2 is 2.00 bits per heavy atom. The van der Waals surface area contributed by atoms with E-state index in [9.17, 15) is 4.79 Å². The summed E-state index contributed by atoms with van der Waals surface area (Å²) < 4.78 is 5.56. The normalized spacial score (nSPS) is 20.9. The number of ether oxygens (including phenoxy) is 1. The van der Waals surface area contributed by atoms with E-state index in [0.29, 0.717) is 17.8 Å². The standard InChI is InChI=1S/C22H32O2/c1-14(2)8-7-9-16(4)19-11-10-17(5)22-20(19)12-15(3)13-21(22)24-18(6)23/h8,12-13,16-17,19H,7,9-11H2,1-6H3/t16-,17+,19-/m0/s1. The third-order valence-electron chi connectivity index (χ3n) is 5.24. The molecule has 0 amide bonds. The molecule has 0 saturated heterocycles. The van der Waals surface area contributed by atoms with Crippen molar-refractivity contribution in [3.63, 3.8) is 0 Å². The number of carbonyl (C=O) groups is 1. The van der Waals surface area contributed by atoms with Crippen molar-refractivity contribution in [2.75, 3.05) is 0 Å². The summed E-state index contributed by atoms with van der Waals surface area (Å²) in [6.07, 6.45) is 7.09. The Kier molecular flexibility index (Phi) is 6.26. The molecule has 3 atom stereocenters. The van der Waals surface area contributed by atoms with Gasteiger partial charge in [-0.3, -0.25) is 4.79 Å². The number of hydrogen-bond donors (Lipinski definition) is 0. The van der Waals surface area contributed by atoms with Crippen LogP contribution in [-0.2, 0) is 4.79 Å². The van der Waals surface area contributed by atoms with Crippen molar-refractivity contribution < 1.29 is 9.53 Å².